The molecule has 0 spiro atoms. The highest BCUT2D eigenvalue weighted by Crippen LogP contribution is 2.24. The van der Waals surface area contributed by atoms with Crippen molar-refractivity contribution in [3.63, 3.8) is 0 Å². The Morgan fingerprint density at radius 3 is 2.27 bits per heavy atom. The van der Waals surface area contributed by atoms with Gasteiger partial charge in [0.2, 0.25) is 5.91 Å². The van der Waals surface area contributed by atoms with Gasteiger partial charge < -0.3 is 15.1 Å². The van der Waals surface area contributed by atoms with Crippen LogP contribution in [0.3, 0.4) is 0 Å². The summed E-state index contributed by atoms with van der Waals surface area (Å²) in [5.74, 6) is 0.223. The number of carbonyl (C=O) groups is 1. The van der Waals surface area contributed by atoms with Crippen molar-refractivity contribution in [3.8, 4) is 0 Å². The van der Waals surface area contributed by atoms with Gasteiger partial charge in [0.25, 0.3) is 0 Å². The summed E-state index contributed by atoms with van der Waals surface area (Å²) in [7, 11) is 0. The molecule has 2 aromatic rings. The molecule has 1 N–H and O–H groups in total. The lowest BCUT2D eigenvalue weighted by atomic mass is 10.0. The van der Waals surface area contributed by atoms with Gasteiger partial charge in [0.05, 0.1) is 0 Å². The maximum atomic E-state index is 12.5. The number of piperidine rings is 1. The van der Waals surface area contributed by atoms with E-state index in [0.717, 1.165) is 44.7 Å². The van der Waals surface area contributed by atoms with Crippen molar-refractivity contribution in [1.29, 1.82) is 0 Å². The molecule has 0 aliphatic carbocycles. The molecule has 1 aliphatic rings. The molecule has 138 valence electrons. The Labute approximate surface area is 156 Å². The number of nitrogens with zero attached hydrogens (tertiary/aromatic N) is 2. The van der Waals surface area contributed by atoms with Crippen LogP contribution in [-0.2, 0) is 4.79 Å². The van der Waals surface area contributed by atoms with Gasteiger partial charge in [-0.1, -0.05) is 43.3 Å². The molecule has 1 aliphatic heterocycles. The number of likely N-dealkylation sites (tertiary alicyclic amines) is 1. The molecule has 4 nitrogen and oxygen atoms in total. The molecule has 0 radical (unpaired) electrons. The fourth-order valence-electron chi connectivity index (χ4n) is 3.63. The van der Waals surface area contributed by atoms with Crippen LogP contribution in [-0.4, -0.2) is 43.0 Å². The first kappa shape index (κ1) is 18.5. The lowest BCUT2D eigenvalue weighted by Crippen LogP contribution is -2.48. The Morgan fingerprint density at radius 1 is 1.04 bits per heavy atom. The van der Waals surface area contributed by atoms with E-state index in [9.17, 15) is 4.79 Å². The van der Waals surface area contributed by atoms with Gasteiger partial charge in [-0.15, -0.1) is 0 Å². The molecule has 1 saturated heterocycles. The third-order valence-electron chi connectivity index (χ3n) is 5.06. The molecule has 0 saturated carbocycles. The van der Waals surface area contributed by atoms with Crippen LogP contribution in [0.1, 0.15) is 26.2 Å². The van der Waals surface area contributed by atoms with Gasteiger partial charge in [0, 0.05) is 50.0 Å². The average molecular weight is 351 g/mol. The number of rotatable bonds is 7. The highest BCUT2D eigenvalue weighted by atomic mass is 16.2. The van der Waals surface area contributed by atoms with E-state index < -0.39 is 0 Å². The molecule has 4 heteroatoms. The Balaban J connectivity index is 1.50. The van der Waals surface area contributed by atoms with Crippen LogP contribution in [0.5, 0.6) is 0 Å². The molecule has 0 aromatic heterocycles. The summed E-state index contributed by atoms with van der Waals surface area (Å²) in [6, 6.07) is 20.8. The minimum atomic E-state index is 0.223. The Kier molecular flexibility index (Phi) is 6.67. The zero-order valence-corrected chi connectivity index (χ0v) is 15.6. The van der Waals surface area contributed by atoms with Crippen molar-refractivity contribution in [2.45, 2.75) is 32.2 Å². The number of benzene rings is 2. The number of hydrogen-bond donors (Lipinski definition) is 1. The van der Waals surface area contributed by atoms with Gasteiger partial charge in [-0.25, -0.2) is 0 Å². The molecule has 1 heterocycles. The second kappa shape index (κ2) is 9.39. The SMILES string of the molecule is CCC(=O)N(c1ccccc1)C1CCN(CCNc2ccccc2)CC1. The monoisotopic (exact) mass is 351 g/mol. The van der Waals surface area contributed by atoms with Crippen LogP contribution in [0.4, 0.5) is 11.4 Å². The number of hydrogen-bond acceptors (Lipinski definition) is 3. The minimum absolute atomic E-state index is 0.223. The summed E-state index contributed by atoms with van der Waals surface area (Å²) >= 11 is 0. The van der Waals surface area contributed by atoms with Gasteiger partial charge in [0.1, 0.15) is 0 Å². The Bertz CT molecular complexity index is 666. The molecule has 1 fully saturated rings. The van der Waals surface area contributed by atoms with Crippen LogP contribution in [0, 0.1) is 0 Å². The van der Waals surface area contributed by atoms with Crippen LogP contribution >= 0.6 is 0 Å². The second-order valence-electron chi connectivity index (χ2n) is 6.82. The topological polar surface area (TPSA) is 35.6 Å². The minimum Gasteiger partial charge on any atom is -0.384 e. The predicted molar refractivity (Wildman–Crippen MR) is 109 cm³/mol. The van der Waals surface area contributed by atoms with E-state index in [1.54, 1.807) is 0 Å². The summed E-state index contributed by atoms with van der Waals surface area (Å²) in [6.07, 6.45) is 2.62. The van der Waals surface area contributed by atoms with Crippen LogP contribution in [0.25, 0.3) is 0 Å². The molecule has 0 unspecified atom stereocenters. The van der Waals surface area contributed by atoms with Gasteiger partial charge in [-0.05, 0) is 37.1 Å². The smallest absolute Gasteiger partial charge is 0.226 e. The number of carbonyl (C=O) groups excluding carboxylic acids is 1. The number of amides is 1. The third-order valence-corrected chi connectivity index (χ3v) is 5.06. The van der Waals surface area contributed by atoms with Crippen molar-refractivity contribution in [2.24, 2.45) is 0 Å². The second-order valence-corrected chi connectivity index (χ2v) is 6.82. The first-order valence-electron chi connectivity index (χ1n) is 9.66. The fourth-order valence-corrected chi connectivity index (χ4v) is 3.63. The number of nitrogens with one attached hydrogen (secondary N) is 1. The number of anilines is 2. The average Bonchev–Trinajstić information content (AvgIpc) is 2.71. The van der Waals surface area contributed by atoms with E-state index in [1.165, 1.54) is 5.69 Å². The molecule has 2 aromatic carbocycles. The molecule has 0 atom stereocenters. The summed E-state index contributed by atoms with van der Waals surface area (Å²) in [4.78, 5) is 17.0. The summed E-state index contributed by atoms with van der Waals surface area (Å²) in [5, 5.41) is 3.47. The van der Waals surface area contributed by atoms with Gasteiger partial charge in [0.15, 0.2) is 0 Å². The summed E-state index contributed by atoms with van der Waals surface area (Å²) in [6.45, 7) is 6.02. The molecule has 0 bridgehead atoms. The van der Waals surface area contributed by atoms with E-state index in [0.29, 0.717) is 12.5 Å². The van der Waals surface area contributed by atoms with Gasteiger partial charge >= 0.3 is 0 Å². The van der Waals surface area contributed by atoms with Crippen LogP contribution in [0.15, 0.2) is 60.7 Å². The van der Waals surface area contributed by atoms with Gasteiger partial charge in [-0.2, -0.15) is 0 Å². The van der Waals surface area contributed by atoms with Gasteiger partial charge in [-0.3, -0.25) is 4.79 Å². The largest absolute Gasteiger partial charge is 0.384 e. The lowest BCUT2D eigenvalue weighted by Gasteiger charge is -2.38. The van der Waals surface area contributed by atoms with E-state index in [2.05, 4.69) is 34.5 Å². The van der Waals surface area contributed by atoms with Crippen molar-refractivity contribution in [1.82, 2.24) is 4.90 Å². The maximum absolute atomic E-state index is 12.5. The molecule has 26 heavy (non-hydrogen) atoms. The quantitative estimate of drug-likeness (QED) is 0.819. The highest BCUT2D eigenvalue weighted by Gasteiger charge is 2.28. The third kappa shape index (κ3) is 4.85. The number of para-hydroxylation sites is 2. The van der Waals surface area contributed by atoms with Crippen molar-refractivity contribution in [2.75, 3.05) is 36.4 Å². The van der Waals surface area contributed by atoms with E-state index in [1.807, 2.05) is 48.2 Å². The zero-order chi connectivity index (χ0) is 18.2. The molecular weight excluding hydrogens is 322 g/mol. The van der Waals surface area contributed by atoms with E-state index in [-0.39, 0.29) is 5.91 Å². The normalized spacial score (nSPS) is 15.6. The molecule has 3 rings (SSSR count). The summed E-state index contributed by atoms with van der Waals surface area (Å²) < 4.78 is 0. The molecule has 1 amide bonds. The highest BCUT2D eigenvalue weighted by molar-refractivity contribution is 5.93. The van der Waals surface area contributed by atoms with Crippen LogP contribution < -0.4 is 10.2 Å². The lowest BCUT2D eigenvalue weighted by molar-refractivity contribution is -0.119. The Hall–Kier alpha value is -2.33. The first-order valence-corrected chi connectivity index (χ1v) is 9.66. The van der Waals surface area contributed by atoms with E-state index in [4.69, 9.17) is 0 Å². The predicted octanol–water partition coefficient (Wildman–Crippen LogP) is 4.01. The maximum Gasteiger partial charge on any atom is 0.226 e. The fraction of sp³-hybridized carbons (Fsp3) is 0.409. The standard InChI is InChI=1S/C22H29N3O/c1-2-22(26)25(20-11-7-4-8-12-20)21-13-16-24(17-14-21)18-15-23-19-9-5-3-6-10-19/h3-12,21,23H,2,13-18H2,1H3. The van der Waals surface area contributed by atoms with Crippen molar-refractivity contribution < 1.29 is 4.79 Å². The van der Waals surface area contributed by atoms with Crippen molar-refractivity contribution >= 4 is 17.3 Å². The zero-order valence-electron chi connectivity index (χ0n) is 15.6. The molecular formula is C22H29N3O. The van der Waals surface area contributed by atoms with E-state index >= 15 is 0 Å². The first-order chi connectivity index (χ1) is 12.8. The van der Waals surface area contributed by atoms with Crippen LogP contribution in [0.2, 0.25) is 0 Å². The Morgan fingerprint density at radius 2 is 1.65 bits per heavy atom. The summed E-state index contributed by atoms with van der Waals surface area (Å²) in [5.41, 5.74) is 2.20. The van der Waals surface area contributed by atoms with Crippen molar-refractivity contribution in [3.05, 3.63) is 60.7 Å².